The van der Waals surface area contributed by atoms with E-state index in [2.05, 4.69) is 25.8 Å². The third-order valence-corrected chi connectivity index (χ3v) is 11.8. The van der Waals surface area contributed by atoms with Gasteiger partial charge in [0.15, 0.2) is 11.5 Å². The second-order valence-electron chi connectivity index (χ2n) is 17.7. The quantitative estimate of drug-likeness (QED) is 0.164. The maximum Gasteiger partial charge on any atom is 0.360 e. The average molecular weight is 876 g/mol. The number of nitrogens with zero attached hydrogens (tertiary/aromatic N) is 4. The molecule has 2 aromatic rings. The Morgan fingerprint density at radius 2 is 1.18 bits per heavy atom. The number of hydrogen-bond acceptors (Lipinski definition) is 18. The number of hydrogen-bond donors (Lipinski definition) is 2. The first kappa shape index (κ1) is 45.2. The molecule has 2 aromatic heterocycles. The van der Waals surface area contributed by atoms with E-state index in [0.717, 1.165) is 30.7 Å². The van der Waals surface area contributed by atoms with Gasteiger partial charge in [0, 0.05) is 42.9 Å². The van der Waals surface area contributed by atoms with Crippen LogP contribution in [0.5, 0.6) is 0 Å². The van der Waals surface area contributed by atoms with Crippen molar-refractivity contribution in [2.75, 3.05) is 6.61 Å². The number of nitrogens with one attached hydrogen (secondary N) is 1. The van der Waals surface area contributed by atoms with Crippen LogP contribution in [0.2, 0.25) is 0 Å². The van der Waals surface area contributed by atoms with E-state index in [1.807, 2.05) is 6.92 Å². The highest BCUT2D eigenvalue weighted by atomic mass is 32.1. The minimum atomic E-state index is -1.36. The number of hydroxylamine groups is 1. The van der Waals surface area contributed by atoms with Gasteiger partial charge in [0.25, 0.3) is 0 Å². The molecule has 5 atom stereocenters. The van der Waals surface area contributed by atoms with E-state index >= 15 is 0 Å². The van der Waals surface area contributed by atoms with Crippen LogP contribution in [-0.4, -0.2) is 110 Å². The molecule has 7 rings (SSSR count). The van der Waals surface area contributed by atoms with E-state index in [9.17, 15) is 29.1 Å². The molecule has 2 N–H and O–H groups in total. The smallest absolute Gasteiger partial charge is 0.360 e. The van der Waals surface area contributed by atoms with Gasteiger partial charge in [-0.2, -0.15) is 0 Å². The Labute approximate surface area is 355 Å². The van der Waals surface area contributed by atoms with E-state index in [0.29, 0.717) is 23.5 Å². The van der Waals surface area contributed by atoms with Crippen LogP contribution in [0.4, 0.5) is 0 Å². The molecule has 5 saturated heterocycles. The molecule has 5 fully saturated rings. The van der Waals surface area contributed by atoms with Gasteiger partial charge < -0.3 is 33.7 Å². The molecule has 7 heterocycles. The van der Waals surface area contributed by atoms with E-state index < -0.39 is 52.0 Å². The Balaban J connectivity index is 0.000000205. The number of aryl methyl sites for hydroxylation is 2. The van der Waals surface area contributed by atoms with Crippen LogP contribution in [0.1, 0.15) is 121 Å². The SMILES string of the molecule is Cc1nc(/C(=N/OC2(C(=O)OC(C)(C)C)CC3CCC(C2)O3)C(=O)C[C@H]2CONC2=O)cs1.Cc1nc(/C(=N/OC2(C(=O)OC(C)(C)C)CC3CCC(C2)O3)C(=O)O)cs1. The number of ether oxygens (including phenoxy) is 4. The summed E-state index contributed by atoms with van der Waals surface area (Å²) in [4.78, 5) is 87.9. The fourth-order valence-corrected chi connectivity index (χ4v) is 8.78. The average Bonchev–Trinajstić information content (AvgIpc) is 3.99. The Morgan fingerprint density at radius 3 is 1.53 bits per heavy atom. The summed E-state index contributed by atoms with van der Waals surface area (Å²) in [6.07, 6.45) is 3.84. The Morgan fingerprint density at radius 1 is 0.767 bits per heavy atom. The van der Waals surface area contributed by atoms with Crippen molar-refractivity contribution >= 4 is 63.7 Å². The predicted molar refractivity (Wildman–Crippen MR) is 215 cm³/mol. The van der Waals surface area contributed by atoms with Crippen LogP contribution in [0.3, 0.4) is 0 Å². The van der Waals surface area contributed by atoms with Crippen molar-refractivity contribution in [1.29, 1.82) is 0 Å². The number of aliphatic carboxylic acids is 1. The molecule has 0 saturated carbocycles. The minimum Gasteiger partial charge on any atom is -0.476 e. The lowest BCUT2D eigenvalue weighted by Crippen LogP contribution is -2.51. The lowest BCUT2D eigenvalue weighted by atomic mass is 9.90. The first-order chi connectivity index (χ1) is 28.1. The number of amides is 1. The van der Waals surface area contributed by atoms with Gasteiger partial charge in [-0.15, -0.1) is 22.7 Å². The normalized spacial score (nSPS) is 28.9. The van der Waals surface area contributed by atoms with Crippen LogP contribution in [0.15, 0.2) is 21.1 Å². The first-order valence-corrected chi connectivity index (χ1v) is 21.7. The largest absolute Gasteiger partial charge is 0.476 e. The molecule has 0 radical (unpaired) electrons. The van der Waals surface area contributed by atoms with Gasteiger partial charge in [-0.3, -0.25) is 14.4 Å². The van der Waals surface area contributed by atoms with E-state index in [1.54, 1.807) is 59.2 Å². The summed E-state index contributed by atoms with van der Waals surface area (Å²) < 4.78 is 22.9. The topological polar surface area (TPSA) is 233 Å². The minimum absolute atomic E-state index is 0.0270. The number of fused-ring (bicyclic) bond motifs is 4. The molecule has 0 spiro atoms. The van der Waals surface area contributed by atoms with Crippen LogP contribution in [-0.2, 0) is 57.4 Å². The van der Waals surface area contributed by atoms with Crippen molar-refractivity contribution in [1.82, 2.24) is 15.4 Å². The summed E-state index contributed by atoms with van der Waals surface area (Å²) in [7, 11) is 0. The number of aromatic nitrogens is 2. The molecule has 5 aliphatic rings. The molecule has 4 bridgehead atoms. The standard InChI is InChI=1S/C22H29N3O7S.C18H24N2O6S/c1-12-23-16(11-33-12)18(17(26)7-13-10-29-25-19(13)27)24-32-22(20(28)31-21(2,3)4)8-14-5-6-15(9-22)30-14;1-10-19-13(9-27-10)14(15(21)22)20-26-18(16(23)25-17(2,3)4)7-11-5-6-12(8-18)24-11/h11,13-15H,5-10H2,1-4H3,(H,25,27);9,11-12H,5-8H2,1-4H3,(H,21,22)/b24-18-;20-14-/t13-,14?,15?,22?;/m0./s1. The molecule has 0 aromatic carbocycles. The number of oxime groups is 2. The van der Waals surface area contributed by atoms with Crippen molar-refractivity contribution in [2.24, 2.45) is 16.2 Å². The van der Waals surface area contributed by atoms with Crippen molar-refractivity contribution in [3.05, 3.63) is 32.2 Å². The lowest BCUT2D eigenvalue weighted by molar-refractivity contribution is -0.204. The van der Waals surface area contributed by atoms with Gasteiger partial charge in [0.2, 0.25) is 22.8 Å². The van der Waals surface area contributed by atoms with Gasteiger partial charge in [-0.05, 0) is 81.1 Å². The monoisotopic (exact) mass is 875 g/mol. The number of carbonyl (C=O) groups is 5. The number of carbonyl (C=O) groups excluding carboxylic acids is 4. The number of carboxylic acids is 1. The summed E-state index contributed by atoms with van der Waals surface area (Å²) in [6, 6.07) is 0. The molecule has 1 amide bonds. The van der Waals surface area contributed by atoms with Crippen molar-refractivity contribution < 1.29 is 62.5 Å². The number of esters is 2. The van der Waals surface area contributed by atoms with Crippen LogP contribution in [0, 0.1) is 19.8 Å². The fourth-order valence-electron chi connectivity index (χ4n) is 7.59. The second kappa shape index (κ2) is 17.9. The van der Waals surface area contributed by atoms with Crippen molar-refractivity contribution in [3.63, 3.8) is 0 Å². The molecule has 4 unspecified atom stereocenters. The first-order valence-electron chi connectivity index (χ1n) is 20.0. The molecular weight excluding hydrogens is 823 g/mol. The van der Waals surface area contributed by atoms with Gasteiger partial charge >= 0.3 is 17.9 Å². The Kier molecular flexibility index (Phi) is 13.5. The third-order valence-electron chi connectivity index (χ3n) is 10.2. The van der Waals surface area contributed by atoms with E-state index in [4.69, 9.17) is 33.5 Å². The van der Waals surface area contributed by atoms with E-state index in [-0.39, 0.29) is 73.3 Å². The van der Waals surface area contributed by atoms with Crippen molar-refractivity contribution in [2.45, 2.75) is 160 Å². The summed E-state index contributed by atoms with van der Waals surface area (Å²) in [6.45, 7) is 14.4. The highest BCUT2D eigenvalue weighted by Crippen LogP contribution is 2.43. The summed E-state index contributed by atoms with van der Waals surface area (Å²) in [5, 5.41) is 22.3. The molecule has 5 aliphatic heterocycles. The number of ketones is 1. The zero-order valence-corrected chi connectivity index (χ0v) is 36.7. The van der Waals surface area contributed by atoms with Gasteiger partial charge in [0.05, 0.1) is 47.0 Å². The van der Waals surface area contributed by atoms with Gasteiger partial charge in [0.1, 0.15) is 22.6 Å². The number of rotatable bonds is 12. The predicted octanol–water partition coefficient (Wildman–Crippen LogP) is 4.91. The second-order valence-corrected chi connectivity index (χ2v) is 19.8. The maximum atomic E-state index is 13.3. The molecule has 328 valence electrons. The van der Waals surface area contributed by atoms with Gasteiger partial charge in [-0.1, -0.05) is 10.3 Å². The maximum absolute atomic E-state index is 13.3. The third kappa shape index (κ3) is 11.1. The molecule has 18 nitrogen and oxygen atoms in total. The zero-order chi connectivity index (χ0) is 43.6. The fraction of sp³-hybridized carbons (Fsp3) is 0.675. The number of carboxylic acid groups (broad SMARTS) is 1. The summed E-state index contributed by atoms with van der Waals surface area (Å²) in [5.41, 5.74) is -1.69. The molecule has 60 heavy (non-hydrogen) atoms. The zero-order valence-electron chi connectivity index (χ0n) is 35.1. The number of Topliss-reactive ketones (excluding diaryl/α,β-unsaturated/α-hetero) is 1. The lowest BCUT2D eigenvalue weighted by Gasteiger charge is -2.38. The Hall–Kier alpha value is -4.37. The molecular formula is C40H53N5O13S2. The van der Waals surface area contributed by atoms with Crippen LogP contribution < -0.4 is 5.48 Å². The van der Waals surface area contributed by atoms with Gasteiger partial charge in [-0.25, -0.2) is 29.8 Å². The summed E-state index contributed by atoms with van der Waals surface area (Å²) >= 11 is 2.68. The highest BCUT2D eigenvalue weighted by molar-refractivity contribution is 7.10. The summed E-state index contributed by atoms with van der Waals surface area (Å²) in [5.74, 6) is -3.73. The highest BCUT2D eigenvalue weighted by Gasteiger charge is 2.56. The molecule has 0 aliphatic carbocycles. The van der Waals surface area contributed by atoms with Crippen LogP contribution in [0.25, 0.3) is 0 Å². The molecule has 20 heteroatoms. The van der Waals surface area contributed by atoms with Crippen LogP contribution >= 0.6 is 22.7 Å². The van der Waals surface area contributed by atoms with Crippen molar-refractivity contribution in [3.8, 4) is 0 Å². The number of thiazole rings is 2. The van der Waals surface area contributed by atoms with E-state index in [1.165, 1.54) is 22.7 Å². The Bertz CT molecular complexity index is 1990.